The van der Waals surface area contributed by atoms with Crippen molar-refractivity contribution in [1.82, 2.24) is 10.2 Å². The molecule has 1 aliphatic heterocycles. The second-order valence-electron chi connectivity index (χ2n) is 5.53. The summed E-state index contributed by atoms with van der Waals surface area (Å²) >= 11 is 0. The second-order valence-corrected chi connectivity index (χ2v) is 5.53. The van der Waals surface area contributed by atoms with Gasteiger partial charge >= 0.3 is 0 Å². The third-order valence-corrected chi connectivity index (χ3v) is 3.83. The molecule has 0 aliphatic carbocycles. The van der Waals surface area contributed by atoms with Crippen molar-refractivity contribution < 1.29 is 4.74 Å². The third-order valence-electron chi connectivity index (χ3n) is 3.83. The minimum atomic E-state index is 0.585. The first-order chi connectivity index (χ1) is 9.19. The number of hydrogen-bond acceptors (Lipinski definition) is 3. The van der Waals surface area contributed by atoms with Crippen LogP contribution in [0, 0.1) is 6.92 Å². The highest BCUT2D eigenvalue weighted by Gasteiger charge is 2.23. The lowest BCUT2D eigenvalue weighted by Gasteiger charge is -2.38. The maximum absolute atomic E-state index is 5.86. The lowest BCUT2D eigenvalue weighted by Crippen LogP contribution is -2.56. The molecule has 2 rings (SSSR count). The normalized spacial score (nSPS) is 24.4. The molecule has 0 aromatic heterocycles. The van der Waals surface area contributed by atoms with Crippen molar-refractivity contribution >= 4 is 0 Å². The largest absolute Gasteiger partial charge is 0.492 e. The van der Waals surface area contributed by atoms with E-state index in [1.807, 2.05) is 12.1 Å². The van der Waals surface area contributed by atoms with Crippen molar-refractivity contribution in [2.75, 3.05) is 26.2 Å². The molecule has 3 heteroatoms. The van der Waals surface area contributed by atoms with E-state index in [2.05, 4.69) is 43.1 Å². The minimum Gasteiger partial charge on any atom is -0.492 e. The van der Waals surface area contributed by atoms with E-state index in [-0.39, 0.29) is 0 Å². The quantitative estimate of drug-likeness (QED) is 0.882. The average molecular weight is 262 g/mol. The number of piperazine rings is 1. The number of rotatable bonds is 5. The first-order valence-electron chi connectivity index (χ1n) is 7.36. The molecule has 0 saturated carbocycles. The van der Waals surface area contributed by atoms with Crippen LogP contribution >= 0.6 is 0 Å². The number of hydrogen-bond donors (Lipinski definition) is 1. The molecule has 3 nitrogen and oxygen atoms in total. The molecular weight excluding hydrogens is 236 g/mol. The molecule has 2 unspecified atom stereocenters. The van der Waals surface area contributed by atoms with Crippen molar-refractivity contribution in [1.29, 1.82) is 0 Å². The zero-order valence-corrected chi connectivity index (χ0v) is 12.4. The van der Waals surface area contributed by atoms with Crippen molar-refractivity contribution in [3.63, 3.8) is 0 Å². The lowest BCUT2D eigenvalue weighted by molar-refractivity contribution is 0.111. The van der Waals surface area contributed by atoms with Crippen molar-refractivity contribution in [2.24, 2.45) is 0 Å². The van der Waals surface area contributed by atoms with Gasteiger partial charge in [-0.25, -0.2) is 0 Å². The SMILES string of the molecule is CCC1CNC(C)CN1CCOc1cccc(C)c1. The summed E-state index contributed by atoms with van der Waals surface area (Å²) < 4.78 is 5.86. The summed E-state index contributed by atoms with van der Waals surface area (Å²) in [5.74, 6) is 0.983. The number of nitrogens with zero attached hydrogens (tertiary/aromatic N) is 1. The van der Waals surface area contributed by atoms with Crippen LogP contribution in [-0.2, 0) is 0 Å². The maximum atomic E-state index is 5.86. The fourth-order valence-corrected chi connectivity index (χ4v) is 2.69. The summed E-state index contributed by atoms with van der Waals surface area (Å²) in [6, 6.07) is 9.51. The Morgan fingerprint density at radius 1 is 1.42 bits per heavy atom. The smallest absolute Gasteiger partial charge is 0.119 e. The van der Waals surface area contributed by atoms with Gasteiger partial charge in [-0.1, -0.05) is 19.1 Å². The van der Waals surface area contributed by atoms with Gasteiger partial charge in [-0.2, -0.15) is 0 Å². The standard InChI is InChI=1S/C16H26N2O/c1-4-15-11-17-14(3)12-18(15)8-9-19-16-7-5-6-13(2)10-16/h5-7,10,14-15,17H,4,8-9,11-12H2,1-3H3. The number of nitrogens with one attached hydrogen (secondary N) is 1. The molecule has 1 heterocycles. The van der Waals surface area contributed by atoms with E-state index in [0.717, 1.165) is 32.0 Å². The highest BCUT2D eigenvalue weighted by Crippen LogP contribution is 2.13. The van der Waals surface area contributed by atoms with Crippen molar-refractivity contribution in [3.8, 4) is 5.75 Å². The predicted molar refractivity (Wildman–Crippen MR) is 79.8 cm³/mol. The van der Waals surface area contributed by atoms with Crippen LogP contribution in [0.1, 0.15) is 25.8 Å². The topological polar surface area (TPSA) is 24.5 Å². The molecule has 0 radical (unpaired) electrons. The Labute approximate surface area is 116 Å². The maximum Gasteiger partial charge on any atom is 0.119 e. The van der Waals surface area contributed by atoms with Crippen LogP contribution in [-0.4, -0.2) is 43.2 Å². The Hall–Kier alpha value is -1.06. The lowest BCUT2D eigenvalue weighted by atomic mass is 10.1. The Morgan fingerprint density at radius 3 is 3.00 bits per heavy atom. The van der Waals surface area contributed by atoms with E-state index in [0.29, 0.717) is 12.1 Å². The Morgan fingerprint density at radius 2 is 2.26 bits per heavy atom. The monoisotopic (exact) mass is 262 g/mol. The molecule has 1 N–H and O–H groups in total. The molecule has 1 aromatic rings. The number of benzene rings is 1. The number of aryl methyl sites for hydroxylation is 1. The molecule has 1 aromatic carbocycles. The molecule has 0 amide bonds. The molecule has 19 heavy (non-hydrogen) atoms. The summed E-state index contributed by atoms with van der Waals surface area (Å²) in [5.41, 5.74) is 1.25. The molecule has 106 valence electrons. The molecule has 0 bridgehead atoms. The summed E-state index contributed by atoms with van der Waals surface area (Å²) in [6.07, 6.45) is 1.20. The number of ether oxygens (including phenoxy) is 1. The zero-order chi connectivity index (χ0) is 13.7. The van der Waals surface area contributed by atoms with Gasteiger partial charge in [-0.05, 0) is 38.0 Å². The van der Waals surface area contributed by atoms with Crippen LogP contribution < -0.4 is 10.1 Å². The van der Waals surface area contributed by atoms with Crippen molar-refractivity contribution in [3.05, 3.63) is 29.8 Å². The highest BCUT2D eigenvalue weighted by atomic mass is 16.5. The van der Waals surface area contributed by atoms with Crippen LogP contribution in [0.3, 0.4) is 0 Å². The van der Waals surface area contributed by atoms with Gasteiger partial charge in [0.05, 0.1) is 0 Å². The van der Waals surface area contributed by atoms with Crippen LogP contribution in [0.5, 0.6) is 5.75 Å². The Bertz CT molecular complexity index is 394. The molecule has 1 saturated heterocycles. The minimum absolute atomic E-state index is 0.585. The van der Waals surface area contributed by atoms with E-state index in [9.17, 15) is 0 Å². The van der Waals surface area contributed by atoms with Gasteiger partial charge in [0.1, 0.15) is 12.4 Å². The van der Waals surface area contributed by atoms with Gasteiger partial charge in [0.2, 0.25) is 0 Å². The van der Waals surface area contributed by atoms with Crippen LogP contribution in [0.2, 0.25) is 0 Å². The molecule has 1 aliphatic rings. The Kier molecular flexibility index (Phi) is 5.23. The third kappa shape index (κ3) is 4.22. The van der Waals surface area contributed by atoms with E-state index in [1.165, 1.54) is 12.0 Å². The zero-order valence-electron chi connectivity index (χ0n) is 12.4. The molecule has 2 atom stereocenters. The predicted octanol–water partition coefficient (Wildman–Crippen LogP) is 2.45. The van der Waals surface area contributed by atoms with Crippen LogP contribution in [0.15, 0.2) is 24.3 Å². The first-order valence-corrected chi connectivity index (χ1v) is 7.36. The van der Waals surface area contributed by atoms with E-state index < -0.39 is 0 Å². The van der Waals surface area contributed by atoms with E-state index in [4.69, 9.17) is 4.74 Å². The summed E-state index contributed by atoms with van der Waals surface area (Å²) in [4.78, 5) is 2.55. The van der Waals surface area contributed by atoms with Gasteiger partial charge < -0.3 is 10.1 Å². The van der Waals surface area contributed by atoms with Crippen LogP contribution in [0.25, 0.3) is 0 Å². The fourth-order valence-electron chi connectivity index (χ4n) is 2.69. The van der Waals surface area contributed by atoms with Gasteiger partial charge in [0.15, 0.2) is 0 Å². The van der Waals surface area contributed by atoms with Gasteiger partial charge in [0, 0.05) is 31.7 Å². The van der Waals surface area contributed by atoms with Gasteiger partial charge in [0.25, 0.3) is 0 Å². The fraction of sp³-hybridized carbons (Fsp3) is 0.625. The second kappa shape index (κ2) is 6.92. The summed E-state index contributed by atoms with van der Waals surface area (Å²) in [7, 11) is 0. The molecule has 1 fully saturated rings. The van der Waals surface area contributed by atoms with E-state index in [1.54, 1.807) is 0 Å². The van der Waals surface area contributed by atoms with Crippen molar-refractivity contribution in [2.45, 2.75) is 39.3 Å². The van der Waals surface area contributed by atoms with E-state index >= 15 is 0 Å². The van der Waals surface area contributed by atoms with Gasteiger partial charge in [-0.3, -0.25) is 4.90 Å². The van der Waals surface area contributed by atoms with Crippen LogP contribution in [0.4, 0.5) is 0 Å². The Balaban J connectivity index is 1.80. The first kappa shape index (κ1) is 14.4. The summed E-state index contributed by atoms with van der Waals surface area (Å²) in [6.45, 7) is 10.6. The molecular formula is C16H26N2O. The summed E-state index contributed by atoms with van der Waals surface area (Å²) in [5, 5.41) is 3.55. The average Bonchev–Trinajstić information content (AvgIpc) is 2.39. The highest BCUT2D eigenvalue weighted by molar-refractivity contribution is 5.27. The molecule has 0 spiro atoms. The van der Waals surface area contributed by atoms with Gasteiger partial charge in [-0.15, -0.1) is 0 Å².